The quantitative estimate of drug-likeness (QED) is 0.907. The second-order valence-corrected chi connectivity index (χ2v) is 4.23. The van der Waals surface area contributed by atoms with E-state index in [0.717, 1.165) is 5.56 Å². The van der Waals surface area contributed by atoms with Gasteiger partial charge in [0.1, 0.15) is 5.82 Å². The van der Waals surface area contributed by atoms with Crippen molar-refractivity contribution in [1.82, 2.24) is 9.97 Å². The van der Waals surface area contributed by atoms with Crippen LogP contribution in [0.4, 0.5) is 5.82 Å². The fraction of sp³-hybridized carbons (Fsp3) is 0.143. The number of nitriles is 1. The maximum atomic E-state index is 10.7. The van der Waals surface area contributed by atoms with Crippen molar-refractivity contribution in [3.05, 3.63) is 53.5 Å². The molecule has 0 unspecified atom stereocenters. The van der Waals surface area contributed by atoms with Gasteiger partial charge in [0.05, 0.1) is 24.0 Å². The van der Waals surface area contributed by atoms with Crippen LogP contribution < -0.4 is 4.90 Å². The van der Waals surface area contributed by atoms with Crippen LogP contribution in [-0.2, 0) is 6.54 Å². The van der Waals surface area contributed by atoms with Gasteiger partial charge in [-0.1, -0.05) is 12.1 Å². The molecular weight excluding hydrogens is 256 g/mol. The summed E-state index contributed by atoms with van der Waals surface area (Å²) in [7, 11) is 1.82. The van der Waals surface area contributed by atoms with Crippen molar-refractivity contribution in [3.8, 4) is 6.07 Å². The van der Waals surface area contributed by atoms with Crippen LogP contribution in [0, 0.1) is 11.3 Å². The van der Waals surface area contributed by atoms with Crippen molar-refractivity contribution in [3.63, 3.8) is 0 Å². The van der Waals surface area contributed by atoms with E-state index in [1.54, 1.807) is 12.1 Å². The minimum absolute atomic E-state index is 0.0892. The van der Waals surface area contributed by atoms with Gasteiger partial charge in [0.25, 0.3) is 0 Å². The van der Waals surface area contributed by atoms with Crippen LogP contribution in [0.25, 0.3) is 0 Å². The molecule has 0 aliphatic heterocycles. The van der Waals surface area contributed by atoms with E-state index >= 15 is 0 Å². The maximum Gasteiger partial charge on any atom is 0.356 e. The number of aromatic carboxylic acids is 1. The van der Waals surface area contributed by atoms with Gasteiger partial charge < -0.3 is 10.0 Å². The van der Waals surface area contributed by atoms with Gasteiger partial charge in [-0.3, -0.25) is 0 Å². The van der Waals surface area contributed by atoms with Gasteiger partial charge in [0.15, 0.2) is 5.69 Å². The second-order valence-electron chi connectivity index (χ2n) is 4.23. The number of carbonyl (C=O) groups is 1. The van der Waals surface area contributed by atoms with E-state index in [2.05, 4.69) is 16.0 Å². The highest BCUT2D eigenvalue weighted by molar-refractivity contribution is 5.84. The molecule has 1 heterocycles. The number of hydrogen-bond donors (Lipinski definition) is 1. The maximum absolute atomic E-state index is 10.7. The first-order valence-corrected chi connectivity index (χ1v) is 5.85. The zero-order chi connectivity index (χ0) is 14.5. The summed E-state index contributed by atoms with van der Waals surface area (Å²) < 4.78 is 0. The molecule has 6 heteroatoms. The smallest absolute Gasteiger partial charge is 0.356 e. The summed E-state index contributed by atoms with van der Waals surface area (Å²) in [6.45, 7) is 0.552. The summed E-state index contributed by atoms with van der Waals surface area (Å²) in [6, 6.07) is 9.36. The Labute approximate surface area is 115 Å². The van der Waals surface area contributed by atoms with Crippen LogP contribution in [0.3, 0.4) is 0 Å². The van der Waals surface area contributed by atoms with Crippen LogP contribution in [0.1, 0.15) is 21.6 Å². The minimum atomic E-state index is -1.10. The molecule has 0 bridgehead atoms. The highest BCUT2D eigenvalue weighted by Gasteiger charge is 2.08. The molecule has 0 spiro atoms. The van der Waals surface area contributed by atoms with Gasteiger partial charge in [0.2, 0.25) is 0 Å². The van der Waals surface area contributed by atoms with E-state index in [-0.39, 0.29) is 5.69 Å². The summed E-state index contributed by atoms with van der Waals surface area (Å²) in [5.74, 6) is -0.536. The Kier molecular flexibility index (Phi) is 3.91. The lowest BCUT2D eigenvalue weighted by molar-refractivity contribution is 0.0690. The second kappa shape index (κ2) is 5.80. The molecule has 0 radical (unpaired) electrons. The van der Waals surface area contributed by atoms with Gasteiger partial charge in [-0.15, -0.1) is 0 Å². The van der Waals surface area contributed by atoms with Gasteiger partial charge >= 0.3 is 5.97 Å². The molecule has 0 atom stereocenters. The van der Waals surface area contributed by atoms with E-state index < -0.39 is 5.97 Å². The third-order valence-electron chi connectivity index (χ3n) is 2.72. The molecule has 0 aliphatic carbocycles. The first-order valence-electron chi connectivity index (χ1n) is 5.85. The largest absolute Gasteiger partial charge is 0.476 e. The van der Waals surface area contributed by atoms with Gasteiger partial charge in [-0.05, 0) is 17.7 Å². The lowest BCUT2D eigenvalue weighted by Crippen LogP contribution is -2.18. The SMILES string of the molecule is CN(Cc1cccc(C#N)c1)c1cnc(C(=O)O)cn1. The van der Waals surface area contributed by atoms with Crippen LogP contribution in [0.5, 0.6) is 0 Å². The number of carboxylic acids is 1. The predicted octanol–water partition coefficient (Wildman–Crippen LogP) is 1.68. The fourth-order valence-corrected chi connectivity index (χ4v) is 1.72. The minimum Gasteiger partial charge on any atom is -0.476 e. The average Bonchev–Trinajstić information content (AvgIpc) is 2.47. The molecule has 0 saturated heterocycles. The molecule has 0 amide bonds. The highest BCUT2D eigenvalue weighted by atomic mass is 16.4. The number of carboxylic acid groups (broad SMARTS) is 1. The van der Waals surface area contributed by atoms with Crippen LogP contribution in [0.15, 0.2) is 36.7 Å². The van der Waals surface area contributed by atoms with Crippen molar-refractivity contribution in [2.45, 2.75) is 6.54 Å². The molecule has 20 heavy (non-hydrogen) atoms. The van der Waals surface area contributed by atoms with Crippen molar-refractivity contribution in [2.24, 2.45) is 0 Å². The number of aromatic nitrogens is 2. The molecule has 1 N–H and O–H groups in total. The molecule has 0 fully saturated rings. The van der Waals surface area contributed by atoms with Crippen LogP contribution in [0.2, 0.25) is 0 Å². The van der Waals surface area contributed by atoms with Crippen molar-refractivity contribution < 1.29 is 9.90 Å². The molecule has 1 aromatic heterocycles. The molecule has 100 valence electrons. The van der Waals surface area contributed by atoms with Crippen LogP contribution >= 0.6 is 0 Å². The van der Waals surface area contributed by atoms with E-state index in [4.69, 9.17) is 10.4 Å². The molecule has 6 nitrogen and oxygen atoms in total. The molecule has 0 aliphatic rings. The first kappa shape index (κ1) is 13.5. The number of rotatable bonds is 4. The van der Waals surface area contributed by atoms with Gasteiger partial charge in [0, 0.05) is 13.6 Å². The van der Waals surface area contributed by atoms with E-state index in [0.29, 0.717) is 17.9 Å². The number of benzene rings is 1. The van der Waals surface area contributed by atoms with E-state index in [9.17, 15) is 4.79 Å². The molecule has 2 rings (SSSR count). The first-order chi connectivity index (χ1) is 9.60. The third-order valence-corrected chi connectivity index (χ3v) is 2.72. The Morgan fingerprint density at radius 1 is 1.40 bits per heavy atom. The lowest BCUT2D eigenvalue weighted by Gasteiger charge is -2.17. The number of hydrogen-bond acceptors (Lipinski definition) is 5. The topological polar surface area (TPSA) is 90.1 Å². The Morgan fingerprint density at radius 3 is 2.80 bits per heavy atom. The Balaban J connectivity index is 2.13. The van der Waals surface area contributed by atoms with Gasteiger partial charge in [-0.25, -0.2) is 14.8 Å². The molecule has 0 saturated carbocycles. The average molecular weight is 268 g/mol. The van der Waals surface area contributed by atoms with Crippen molar-refractivity contribution in [1.29, 1.82) is 5.26 Å². The van der Waals surface area contributed by atoms with Crippen molar-refractivity contribution in [2.75, 3.05) is 11.9 Å². The summed E-state index contributed by atoms with van der Waals surface area (Å²) in [6.07, 6.45) is 2.64. The van der Waals surface area contributed by atoms with Crippen LogP contribution in [-0.4, -0.2) is 28.1 Å². The summed E-state index contributed by atoms with van der Waals surface area (Å²) in [5.41, 5.74) is 1.48. The third kappa shape index (κ3) is 3.09. The normalized spacial score (nSPS) is 9.80. The van der Waals surface area contributed by atoms with Gasteiger partial charge in [-0.2, -0.15) is 5.26 Å². The van der Waals surface area contributed by atoms with E-state index in [1.165, 1.54) is 12.4 Å². The lowest BCUT2D eigenvalue weighted by atomic mass is 10.1. The Morgan fingerprint density at radius 2 is 2.20 bits per heavy atom. The summed E-state index contributed by atoms with van der Waals surface area (Å²) in [4.78, 5) is 20.4. The Bertz CT molecular complexity index is 662. The zero-order valence-corrected chi connectivity index (χ0v) is 10.8. The standard InChI is InChI=1S/C14H12N4O2/c1-18(9-11-4-2-3-10(5-11)6-15)13-8-16-12(7-17-13)14(19)20/h2-5,7-8H,9H2,1H3,(H,19,20). The number of anilines is 1. The number of nitrogens with zero attached hydrogens (tertiary/aromatic N) is 4. The zero-order valence-electron chi connectivity index (χ0n) is 10.8. The predicted molar refractivity (Wildman–Crippen MR) is 72.3 cm³/mol. The summed E-state index contributed by atoms with van der Waals surface area (Å²) in [5, 5.41) is 17.6. The monoisotopic (exact) mass is 268 g/mol. The Hall–Kier alpha value is -2.94. The fourth-order valence-electron chi connectivity index (χ4n) is 1.72. The molecular formula is C14H12N4O2. The highest BCUT2D eigenvalue weighted by Crippen LogP contribution is 2.12. The van der Waals surface area contributed by atoms with Crippen molar-refractivity contribution >= 4 is 11.8 Å². The van der Waals surface area contributed by atoms with E-state index in [1.807, 2.05) is 24.1 Å². The molecule has 2 aromatic rings. The summed E-state index contributed by atoms with van der Waals surface area (Å²) >= 11 is 0. The molecule has 1 aromatic carbocycles.